The fourth-order valence-corrected chi connectivity index (χ4v) is 3.71. The molecule has 2 aromatic carbocycles. The molecule has 0 saturated carbocycles. The van der Waals surface area contributed by atoms with E-state index in [0.29, 0.717) is 14.9 Å². The first-order valence-corrected chi connectivity index (χ1v) is 9.35. The number of aromatic nitrogens is 1. The molecule has 0 spiro atoms. The monoisotopic (exact) mass is 387 g/mol. The first-order valence-electron chi connectivity index (χ1n) is 8.53. The SMILES string of the molecule is C=CCNC(=O)/C(C#N)=c1\s/c(=C/c2ccccc2)c(=O)n1-c1ccccc1. The van der Waals surface area contributed by atoms with E-state index >= 15 is 0 Å². The summed E-state index contributed by atoms with van der Waals surface area (Å²) >= 11 is 1.12. The highest BCUT2D eigenvalue weighted by molar-refractivity contribution is 7.07. The molecule has 0 saturated heterocycles. The zero-order valence-corrected chi connectivity index (χ0v) is 15.8. The Morgan fingerprint density at radius 3 is 2.39 bits per heavy atom. The van der Waals surface area contributed by atoms with Crippen LogP contribution in [0.5, 0.6) is 0 Å². The molecule has 5 nitrogen and oxygen atoms in total. The largest absolute Gasteiger partial charge is 0.348 e. The first-order chi connectivity index (χ1) is 13.7. The molecule has 0 atom stereocenters. The summed E-state index contributed by atoms with van der Waals surface area (Å²) in [5.74, 6) is -0.542. The normalized spacial score (nSPS) is 12.2. The van der Waals surface area contributed by atoms with Gasteiger partial charge in [0, 0.05) is 6.54 Å². The van der Waals surface area contributed by atoms with Gasteiger partial charge in [0.2, 0.25) is 0 Å². The van der Waals surface area contributed by atoms with E-state index in [1.54, 1.807) is 30.3 Å². The average molecular weight is 387 g/mol. The highest BCUT2D eigenvalue weighted by Gasteiger charge is 2.16. The molecule has 138 valence electrons. The number of hydrogen-bond donors (Lipinski definition) is 1. The number of nitriles is 1. The molecule has 28 heavy (non-hydrogen) atoms. The molecular weight excluding hydrogens is 370 g/mol. The number of rotatable bonds is 5. The topological polar surface area (TPSA) is 74.9 Å². The van der Waals surface area contributed by atoms with Crippen molar-refractivity contribution >= 4 is 28.9 Å². The third-order valence-corrected chi connectivity index (χ3v) is 4.99. The molecule has 3 aromatic rings. The van der Waals surface area contributed by atoms with Gasteiger partial charge in [-0.3, -0.25) is 14.2 Å². The molecule has 0 aliphatic rings. The first kappa shape index (κ1) is 19.1. The maximum Gasteiger partial charge on any atom is 0.273 e. The van der Waals surface area contributed by atoms with Crippen molar-refractivity contribution in [3.8, 4) is 11.8 Å². The number of thiazole rings is 1. The van der Waals surface area contributed by atoms with E-state index in [4.69, 9.17) is 0 Å². The number of amides is 1. The highest BCUT2D eigenvalue weighted by atomic mass is 32.1. The number of benzene rings is 2. The standard InChI is InChI=1S/C22H17N3O2S/c1-2-13-24-20(26)18(15-23)22-25(17-11-7-4-8-12-17)21(27)19(28-22)14-16-9-5-3-6-10-16/h2-12,14H,1,13H2,(H,24,26)/b19-14+,22-18-. The number of nitrogens with one attached hydrogen (secondary N) is 1. The van der Waals surface area contributed by atoms with Crippen LogP contribution >= 0.6 is 11.3 Å². The van der Waals surface area contributed by atoms with Gasteiger partial charge >= 0.3 is 0 Å². The second-order valence-electron chi connectivity index (χ2n) is 5.79. The lowest BCUT2D eigenvalue weighted by molar-refractivity contribution is -0.115. The summed E-state index contributed by atoms with van der Waals surface area (Å²) in [5.41, 5.74) is 1.07. The van der Waals surface area contributed by atoms with E-state index in [0.717, 1.165) is 16.9 Å². The maximum atomic E-state index is 13.1. The van der Waals surface area contributed by atoms with Crippen molar-refractivity contribution in [1.82, 2.24) is 9.88 Å². The number of hydrogen-bond acceptors (Lipinski definition) is 4. The zero-order valence-electron chi connectivity index (χ0n) is 15.0. The molecule has 0 fully saturated rings. The van der Waals surface area contributed by atoms with Gasteiger partial charge in [-0.25, -0.2) is 0 Å². The smallest absolute Gasteiger partial charge is 0.273 e. The molecule has 0 radical (unpaired) electrons. The van der Waals surface area contributed by atoms with E-state index in [-0.39, 0.29) is 17.7 Å². The van der Waals surface area contributed by atoms with Gasteiger partial charge in [-0.2, -0.15) is 5.26 Å². The summed E-state index contributed by atoms with van der Waals surface area (Å²) in [7, 11) is 0. The Hall–Kier alpha value is -3.69. The van der Waals surface area contributed by atoms with Crippen molar-refractivity contribution in [2.75, 3.05) is 6.54 Å². The molecule has 0 aliphatic carbocycles. The Morgan fingerprint density at radius 2 is 1.79 bits per heavy atom. The number of para-hydroxylation sites is 1. The number of nitrogens with zero attached hydrogens (tertiary/aromatic N) is 2. The van der Waals surface area contributed by atoms with Crippen LogP contribution < -0.4 is 20.1 Å². The lowest BCUT2D eigenvalue weighted by atomic mass is 10.2. The lowest BCUT2D eigenvalue weighted by Gasteiger charge is -2.04. The van der Waals surface area contributed by atoms with Crippen LogP contribution in [0.15, 0.2) is 78.1 Å². The number of carbonyl (C=O) groups excluding carboxylic acids is 1. The molecule has 1 aromatic heterocycles. The van der Waals surface area contributed by atoms with E-state index in [9.17, 15) is 14.9 Å². The summed E-state index contributed by atoms with van der Waals surface area (Å²) in [6, 6.07) is 20.3. The molecular formula is C22H17N3O2S. The molecule has 0 bridgehead atoms. The lowest BCUT2D eigenvalue weighted by Crippen LogP contribution is -2.33. The van der Waals surface area contributed by atoms with Crippen LogP contribution in [0.4, 0.5) is 0 Å². The summed E-state index contributed by atoms with van der Waals surface area (Å²) in [4.78, 5) is 25.6. The fraction of sp³-hybridized carbons (Fsp3) is 0.0455. The molecule has 1 heterocycles. The highest BCUT2D eigenvalue weighted by Crippen LogP contribution is 2.04. The predicted octanol–water partition coefficient (Wildman–Crippen LogP) is 1.70. The van der Waals surface area contributed by atoms with Gasteiger partial charge in [0.15, 0.2) is 5.57 Å². The zero-order chi connectivity index (χ0) is 19.9. The average Bonchev–Trinajstić information content (AvgIpc) is 3.04. The van der Waals surface area contributed by atoms with Gasteiger partial charge in [-0.1, -0.05) is 54.6 Å². The third kappa shape index (κ3) is 4.00. The van der Waals surface area contributed by atoms with Crippen molar-refractivity contribution in [1.29, 1.82) is 5.26 Å². The summed E-state index contributed by atoms with van der Waals surface area (Å²) in [6.07, 6.45) is 3.28. The van der Waals surface area contributed by atoms with Crippen LogP contribution in [0, 0.1) is 11.3 Å². The van der Waals surface area contributed by atoms with Crippen molar-refractivity contribution < 1.29 is 4.79 Å². The number of carbonyl (C=O) groups is 1. The van der Waals surface area contributed by atoms with Gasteiger partial charge in [0.05, 0.1) is 10.2 Å². The van der Waals surface area contributed by atoms with Crippen molar-refractivity contribution in [3.63, 3.8) is 0 Å². The fourth-order valence-electron chi connectivity index (χ4n) is 2.61. The molecule has 6 heteroatoms. The van der Waals surface area contributed by atoms with Crippen LogP contribution in [0.1, 0.15) is 5.56 Å². The van der Waals surface area contributed by atoms with Gasteiger partial charge in [0.1, 0.15) is 10.7 Å². The van der Waals surface area contributed by atoms with Crippen LogP contribution in [0.2, 0.25) is 0 Å². The quantitative estimate of drug-likeness (QED) is 0.677. The van der Waals surface area contributed by atoms with Crippen LogP contribution in [-0.4, -0.2) is 17.0 Å². The Kier molecular flexibility index (Phi) is 6.00. The minimum absolute atomic E-state index is 0.111. The van der Waals surface area contributed by atoms with Gasteiger partial charge in [0.25, 0.3) is 11.5 Å². The molecule has 1 N–H and O–H groups in total. The Morgan fingerprint density at radius 1 is 1.14 bits per heavy atom. The maximum absolute atomic E-state index is 13.1. The second kappa shape index (κ2) is 8.80. The summed E-state index contributed by atoms with van der Waals surface area (Å²) < 4.78 is 2.14. The Bertz CT molecular complexity index is 1220. The van der Waals surface area contributed by atoms with E-state index in [2.05, 4.69) is 11.9 Å². The summed E-state index contributed by atoms with van der Waals surface area (Å²) in [6.45, 7) is 3.79. The minimum Gasteiger partial charge on any atom is -0.348 e. The van der Waals surface area contributed by atoms with E-state index < -0.39 is 5.91 Å². The van der Waals surface area contributed by atoms with E-state index in [1.165, 1.54) is 10.6 Å². The molecule has 3 rings (SSSR count). The second-order valence-corrected chi connectivity index (χ2v) is 6.82. The molecule has 0 unspecified atom stereocenters. The predicted molar refractivity (Wildman–Crippen MR) is 111 cm³/mol. The van der Waals surface area contributed by atoms with Crippen molar-refractivity contribution in [2.24, 2.45) is 0 Å². The van der Waals surface area contributed by atoms with Crippen LogP contribution in [0.3, 0.4) is 0 Å². The summed E-state index contributed by atoms with van der Waals surface area (Å²) in [5, 5.41) is 12.2. The van der Waals surface area contributed by atoms with Crippen LogP contribution in [0.25, 0.3) is 17.3 Å². The van der Waals surface area contributed by atoms with E-state index in [1.807, 2.05) is 42.5 Å². The van der Waals surface area contributed by atoms with Gasteiger partial charge < -0.3 is 5.32 Å². The third-order valence-electron chi connectivity index (χ3n) is 3.90. The Labute approximate surface area is 165 Å². The van der Waals surface area contributed by atoms with Gasteiger partial charge in [-0.15, -0.1) is 17.9 Å². The van der Waals surface area contributed by atoms with Crippen LogP contribution in [-0.2, 0) is 4.79 Å². The molecule has 0 aliphatic heterocycles. The molecule has 1 amide bonds. The van der Waals surface area contributed by atoms with Crippen molar-refractivity contribution in [3.05, 3.63) is 98.4 Å². The van der Waals surface area contributed by atoms with Gasteiger partial charge in [-0.05, 0) is 23.8 Å². The van der Waals surface area contributed by atoms with Crippen molar-refractivity contribution in [2.45, 2.75) is 0 Å². The Balaban J connectivity index is 2.34. The minimum atomic E-state index is -0.542.